The molecule has 0 bridgehead atoms. The van der Waals surface area contributed by atoms with Crippen LogP contribution in [-0.2, 0) is 4.74 Å². The second-order valence-electron chi connectivity index (χ2n) is 2.87. The molecule has 62 valence electrons. The van der Waals surface area contributed by atoms with Gasteiger partial charge in [0.05, 0.1) is 0 Å². The van der Waals surface area contributed by atoms with E-state index in [0.29, 0.717) is 0 Å². The van der Waals surface area contributed by atoms with E-state index in [0.717, 1.165) is 19.1 Å². The monoisotopic (exact) mass is 144 g/mol. The number of ether oxygens (including phenoxy) is 1. The predicted molar refractivity (Wildman–Crippen MR) is 45.2 cm³/mol. The van der Waals surface area contributed by atoms with Crippen molar-refractivity contribution >= 4 is 0 Å². The lowest BCUT2D eigenvalue weighted by Crippen LogP contribution is -1.97. The molecule has 0 aliphatic heterocycles. The Labute approximate surface area is 64.8 Å². The maximum absolute atomic E-state index is 5.40. The summed E-state index contributed by atoms with van der Waals surface area (Å²) in [4.78, 5) is 0. The Morgan fingerprint density at radius 2 is 2.10 bits per heavy atom. The Bertz CT molecular complexity index is 67.1. The zero-order valence-electron chi connectivity index (χ0n) is 6.23. The van der Waals surface area contributed by atoms with Gasteiger partial charge in [-0.1, -0.05) is 20.8 Å². The topological polar surface area (TPSA) is 9.23 Å². The molecule has 0 atom stereocenters. The van der Waals surface area contributed by atoms with E-state index in [9.17, 15) is 0 Å². The van der Waals surface area contributed by atoms with Crippen LogP contribution in [0.2, 0.25) is 0 Å². The highest BCUT2D eigenvalue weighted by Crippen LogP contribution is 2.28. The molecule has 1 saturated carbocycles. The molecule has 0 saturated heterocycles. The van der Waals surface area contributed by atoms with Gasteiger partial charge in [0.15, 0.2) is 0 Å². The van der Waals surface area contributed by atoms with Crippen molar-refractivity contribution in [2.45, 2.75) is 40.0 Å². The van der Waals surface area contributed by atoms with Gasteiger partial charge in [-0.25, -0.2) is 0 Å². The first kappa shape index (κ1) is 9.96. The summed E-state index contributed by atoms with van der Waals surface area (Å²) in [7, 11) is 0. The molecule has 0 aromatic carbocycles. The van der Waals surface area contributed by atoms with Crippen LogP contribution in [-0.4, -0.2) is 13.2 Å². The first-order chi connectivity index (χ1) is 4.43. The molecule has 1 aliphatic rings. The lowest BCUT2D eigenvalue weighted by atomic mass is 10.4. The van der Waals surface area contributed by atoms with Crippen molar-refractivity contribution < 1.29 is 4.74 Å². The van der Waals surface area contributed by atoms with Crippen molar-refractivity contribution in [1.82, 2.24) is 0 Å². The Hall–Kier alpha value is -0.0400. The maximum Gasteiger partial charge on any atom is 0.0494 e. The minimum Gasteiger partial charge on any atom is -0.381 e. The van der Waals surface area contributed by atoms with Crippen molar-refractivity contribution in [2.24, 2.45) is 5.92 Å². The van der Waals surface area contributed by atoms with Crippen LogP contribution >= 0.6 is 0 Å². The zero-order chi connectivity index (χ0) is 6.53. The molecule has 1 heteroatoms. The summed E-state index contributed by atoms with van der Waals surface area (Å²) in [5.41, 5.74) is 0. The van der Waals surface area contributed by atoms with Gasteiger partial charge in [-0.2, -0.15) is 0 Å². The fourth-order valence-electron chi connectivity index (χ4n) is 0.781. The van der Waals surface area contributed by atoms with Gasteiger partial charge in [-0.15, -0.1) is 0 Å². The van der Waals surface area contributed by atoms with Crippen molar-refractivity contribution in [2.75, 3.05) is 13.2 Å². The number of hydrogen-bond donors (Lipinski definition) is 0. The summed E-state index contributed by atoms with van der Waals surface area (Å²) in [5, 5.41) is 0. The van der Waals surface area contributed by atoms with E-state index < -0.39 is 0 Å². The largest absolute Gasteiger partial charge is 0.381 e. The molecule has 0 radical (unpaired) electrons. The molecule has 0 amide bonds. The zero-order valence-corrected chi connectivity index (χ0v) is 6.23. The van der Waals surface area contributed by atoms with Gasteiger partial charge in [0, 0.05) is 13.2 Å². The van der Waals surface area contributed by atoms with E-state index in [1.165, 1.54) is 25.7 Å². The first-order valence-corrected chi connectivity index (χ1v) is 4.01. The van der Waals surface area contributed by atoms with Crippen molar-refractivity contribution in [1.29, 1.82) is 0 Å². The molecule has 0 unspecified atom stereocenters. The molecule has 0 heterocycles. The van der Waals surface area contributed by atoms with Gasteiger partial charge >= 0.3 is 0 Å². The second kappa shape index (κ2) is 5.72. The molecule has 1 rings (SSSR count). The van der Waals surface area contributed by atoms with Crippen molar-refractivity contribution in [3.63, 3.8) is 0 Å². The van der Waals surface area contributed by atoms with Gasteiger partial charge < -0.3 is 4.74 Å². The van der Waals surface area contributed by atoms with E-state index in [1.54, 1.807) is 0 Å². The second-order valence-corrected chi connectivity index (χ2v) is 2.87. The first-order valence-electron chi connectivity index (χ1n) is 4.01. The fourth-order valence-corrected chi connectivity index (χ4v) is 0.781. The number of unbranched alkanes of at least 4 members (excludes halogenated alkanes) is 1. The Kier molecular flexibility index (Phi) is 5.70. The lowest BCUT2D eigenvalue weighted by Gasteiger charge is -1.99. The van der Waals surface area contributed by atoms with E-state index in [4.69, 9.17) is 4.74 Å². The van der Waals surface area contributed by atoms with Crippen LogP contribution < -0.4 is 0 Å². The summed E-state index contributed by atoms with van der Waals surface area (Å²) < 4.78 is 5.40. The molecule has 1 fully saturated rings. The van der Waals surface area contributed by atoms with E-state index in [2.05, 4.69) is 6.92 Å². The highest BCUT2D eigenvalue weighted by Gasteiger charge is 2.20. The number of hydrogen-bond acceptors (Lipinski definition) is 1. The molecule has 0 spiro atoms. The van der Waals surface area contributed by atoms with Crippen LogP contribution in [0.25, 0.3) is 0 Å². The summed E-state index contributed by atoms with van der Waals surface area (Å²) >= 11 is 0. The third-order valence-corrected chi connectivity index (χ3v) is 1.69. The van der Waals surface area contributed by atoms with Crippen LogP contribution in [0.15, 0.2) is 0 Å². The standard InChI is InChI=1S/C8H16O.CH4/c1-2-3-6-9-7-8-4-5-8;/h8H,2-7H2,1H3;1H4. The van der Waals surface area contributed by atoms with Crippen LogP contribution in [0, 0.1) is 5.92 Å². The Morgan fingerprint density at radius 1 is 1.40 bits per heavy atom. The maximum atomic E-state index is 5.40. The highest BCUT2D eigenvalue weighted by atomic mass is 16.5. The molecule has 0 aromatic rings. The van der Waals surface area contributed by atoms with Crippen LogP contribution in [0.1, 0.15) is 40.0 Å². The fraction of sp³-hybridized carbons (Fsp3) is 1.00. The van der Waals surface area contributed by atoms with Crippen LogP contribution in [0.4, 0.5) is 0 Å². The van der Waals surface area contributed by atoms with E-state index in [-0.39, 0.29) is 7.43 Å². The SMILES string of the molecule is C.CCCCOCC1CC1. The summed E-state index contributed by atoms with van der Waals surface area (Å²) in [6, 6.07) is 0. The Balaban J connectivity index is 0.000000810. The predicted octanol–water partition coefficient (Wildman–Crippen LogP) is 2.85. The molecular weight excluding hydrogens is 124 g/mol. The molecule has 0 aromatic heterocycles. The van der Waals surface area contributed by atoms with Crippen LogP contribution in [0.3, 0.4) is 0 Å². The van der Waals surface area contributed by atoms with Crippen molar-refractivity contribution in [3.8, 4) is 0 Å². The minimum atomic E-state index is 0. The van der Waals surface area contributed by atoms with Crippen LogP contribution in [0.5, 0.6) is 0 Å². The van der Waals surface area contributed by atoms with Gasteiger partial charge in [-0.05, 0) is 25.2 Å². The summed E-state index contributed by atoms with van der Waals surface area (Å²) in [5.74, 6) is 0.932. The quantitative estimate of drug-likeness (QED) is 0.539. The summed E-state index contributed by atoms with van der Waals surface area (Å²) in [6.45, 7) is 4.20. The van der Waals surface area contributed by atoms with Gasteiger partial charge in [0.1, 0.15) is 0 Å². The average molecular weight is 144 g/mol. The van der Waals surface area contributed by atoms with Gasteiger partial charge in [0.2, 0.25) is 0 Å². The third kappa shape index (κ3) is 4.80. The van der Waals surface area contributed by atoms with Crippen molar-refractivity contribution in [3.05, 3.63) is 0 Å². The average Bonchev–Trinajstić information content (AvgIpc) is 2.63. The minimum absolute atomic E-state index is 0. The molecular formula is C9H20O. The third-order valence-electron chi connectivity index (χ3n) is 1.69. The molecule has 0 N–H and O–H groups in total. The highest BCUT2D eigenvalue weighted by molar-refractivity contribution is 4.71. The number of rotatable bonds is 5. The molecule has 10 heavy (non-hydrogen) atoms. The molecule has 1 aliphatic carbocycles. The van der Waals surface area contributed by atoms with E-state index >= 15 is 0 Å². The Morgan fingerprint density at radius 3 is 2.60 bits per heavy atom. The lowest BCUT2D eigenvalue weighted by molar-refractivity contribution is 0.121. The van der Waals surface area contributed by atoms with Gasteiger partial charge in [0.25, 0.3) is 0 Å². The van der Waals surface area contributed by atoms with E-state index in [1.807, 2.05) is 0 Å². The van der Waals surface area contributed by atoms with Gasteiger partial charge in [-0.3, -0.25) is 0 Å². The summed E-state index contributed by atoms with van der Waals surface area (Å²) in [6.07, 6.45) is 5.30. The smallest absolute Gasteiger partial charge is 0.0494 e. The molecule has 1 nitrogen and oxygen atoms in total. The normalized spacial score (nSPS) is 16.5.